The van der Waals surface area contributed by atoms with Gasteiger partial charge in [0.25, 0.3) is 0 Å². The molecule has 33 heavy (non-hydrogen) atoms. The molecule has 0 saturated carbocycles. The van der Waals surface area contributed by atoms with Gasteiger partial charge in [0.2, 0.25) is 10.0 Å². The van der Waals surface area contributed by atoms with Crippen molar-refractivity contribution in [3.05, 3.63) is 78.5 Å². The van der Waals surface area contributed by atoms with E-state index in [2.05, 4.69) is 22.9 Å². The van der Waals surface area contributed by atoms with Crippen LogP contribution in [0, 0.1) is 6.92 Å². The summed E-state index contributed by atoms with van der Waals surface area (Å²) in [5.41, 5.74) is 2.86. The van der Waals surface area contributed by atoms with Crippen LogP contribution >= 0.6 is 12.6 Å². The molecule has 1 saturated heterocycles. The van der Waals surface area contributed by atoms with Crippen LogP contribution in [0.2, 0.25) is 0 Å². The van der Waals surface area contributed by atoms with Crippen LogP contribution in [0.15, 0.2) is 77.7 Å². The number of aryl methyl sites for hydroxylation is 1. The third-order valence-electron chi connectivity index (χ3n) is 6.37. The molecule has 0 N–H and O–H groups in total. The topological polar surface area (TPSA) is 68.1 Å². The van der Waals surface area contributed by atoms with Crippen LogP contribution in [0.3, 0.4) is 0 Å². The Morgan fingerprint density at radius 2 is 1.73 bits per heavy atom. The van der Waals surface area contributed by atoms with Gasteiger partial charge in [0.05, 0.1) is 10.6 Å². The Morgan fingerprint density at radius 3 is 2.52 bits per heavy atom. The van der Waals surface area contributed by atoms with Crippen molar-refractivity contribution in [3.8, 4) is 11.3 Å². The molecular weight excluding hydrogens is 452 g/mol. The molecule has 1 aliphatic rings. The number of rotatable bonds is 6. The number of aromatic nitrogens is 3. The second-order valence-corrected chi connectivity index (χ2v) is 11.1. The number of benzene rings is 3. The van der Waals surface area contributed by atoms with Gasteiger partial charge >= 0.3 is 0 Å². The predicted octanol–water partition coefficient (Wildman–Crippen LogP) is 4.56. The minimum Gasteiger partial charge on any atom is -0.249 e. The molecule has 3 aromatic carbocycles. The number of thiol groups is 1. The minimum atomic E-state index is -3.63. The molecule has 0 amide bonds. The highest BCUT2D eigenvalue weighted by molar-refractivity contribution is 7.89. The van der Waals surface area contributed by atoms with E-state index in [4.69, 9.17) is 0 Å². The summed E-state index contributed by atoms with van der Waals surface area (Å²) in [7, 11) is -3.63. The van der Waals surface area contributed by atoms with Gasteiger partial charge in [0.15, 0.2) is 0 Å². The molecule has 5 rings (SSSR count). The lowest BCUT2D eigenvalue weighted by Gasteiger charge is -2.24. The Kier molecular flexibility index (Phi) is 5.99. The van der Waals surface area contributed by atoms with Crippen LogP contribution in [0.25, 0.3) is 22.0 Å². The monoisotopic (exact) mass is 478 g/mol. The summed E-state index contributed by atoms with van der Waals surface area (Å²) in [5.74, 6) is 0. The molecule has 0 bridgehead atoms. The van der Waals surface area contributed by atoms with Gasteiger partial charge < -0.3 is 0 Å². The normalized spacial score (nSPS) is 19.3. The molecule has 6 nitrogen and oxygen atoms in total. The number of hydrogen-bond acceptors (Lipinski definition) is 5. The first-order valence-corrected chi connectivity index (χ1v) is 13.0. The van der Waals surface area contributed by atoms with Crippen LogP contribution in [0.1, 0.15) is 18.5 Å². The van der Waals surface area contributed by atoms with E-state index >= 15 is 0 Å². The van der Waals surface area contributed by atoms with Crippen molar-refractivity contribution in [1.29, 1.82) is 0 Å². The third kappa shape index (κ3) is 4.30. The Bertz CT molecular complexity index is 1390. The second kappa shape index (κ2) is 8.93. The summed E-state index contributed by atoms with van der Waals surface area (Å²) in [6.07, 6.45) is 1.37. The highest BCUT2D eigenvalue weighted by atomic mass is 32.2. The van der Waals surface area contributed by atoms with Crippen LogP contribution in [-0.2, 0) is 16.6 Å². The molecule has 2 heterocycles. The molecule has 0 aliphatic carbocycles. The third-order valence-corrected chi connectivity index (χ3v) is 8.66. The van der Waals surface area contributed by atoms with Crippen LogP contribution in [0.4, 0.5) is 0 Å². The lowest BCUT2D eigenvalue weighted by molar-refractivity contribution is 0.347. The van der Waals surface area contributed by atoms with E-state index in [1.165, 1.54) is 0 Å². The van der Waals surface area contributed by atoms with Crippen molar-refractivity contribution in [2.45, 2.75) is 42.5 Å². The van der Waals surface area contributed by atoms with Gasteiger partial charge in [0, 0.05) is 29.9 Å². The van der Waals surface area contributed by atoms with E-state index < -0.39 is 10.0 Å². The highest BCUT2D eigenvalue weighted by Gasteiger charge is 2.39. The van der Waals surface area contributed by atoms with Crippen molar-refractivity contribution in [2.24, 2.45) is 0 Å². The van der Waals surface area contributed by atoms with Crippen LogP contribution < -0.4 is 0 Å². The maximum atomic E-state index is 13.6. The maximum Gasteiger partial charge on any atom is 0.243 e. The van der Waals surface area contributed by atoms with Gasteiger partial charge in [-0.1, -0.05) is 65.9 Å². The molecule has 1 aromatic heterocycles. The first kappa shape index (κ1) is 22.1. The molecule has 0 spiro atoms. The van der Waals surface area contributed by atoms with E-state index in [1.807, 2.05) is 72.3 Å². The zero-order valence-corrected chi connectivity index (χ0v) is 20.1. The Balaban J connectivity index is 1.37. The number of hydrogen-bond donors (Lipinski definition) is 1. The van der Waals surface area contributed by atoms with Gasteiger partial charge in [-0.3, -0.25) is 0 Å². The van der Waals surface area contributed by atoms with E-state index in [9.17, 15) is 8.42 Å². The van der Waals surface area contributed by atoms with E-state index in [-0.39, 0.29) is 11.3 Å². The standard InChI is InChI=1S/C25H26N4O2S2/c1-18-25(20-8-3-2-4-9-20)26-27-28(18)14-13-22-16-23(32)17-29(22)33(30,31)24-12-11-19-7-5-6-10-21(19)15-24/h2-12,15,22-23,32H,13-14,16-17H2,1H3/t22-,23-/m1/s1. The highest BCUT2D eigenvalue weighted by Crippen LogP contribution is 2.32. The van der Waals surface area contributed by atoms with Crippen molar-refractivity contribution in [3.63, 3.8) is 0 Å². The lowest BCUT2D eigenvalue weighted by atomic mass is 10.1. The van der Waals surface area contributed by atoms with E-state index in [0.29, 0.717) is 24.4 Å². The fraction of sp³-hybridized carbons (Fsp3) is 0.280. The van der Waals surface area contributed by atoms with Gasteiger partial charge in [-0.2, -0.15) is 16.9 Å². The fourth-order valence-corrected chi connectivity index (χ4v) is 6.87. The Labute approximate surface area is 199 Å². The second-order valence-electron chi connectivity index (χ2n) is 8.53. The quantitative estimate of drug-likeness (QED) is 0.413. The Hall–Kier alpha value is -2.68. The van der Waals surface area contributed by atoms with Crippen LogP contribution in [0.5, 0.6) is 0 Å². The largest absolute Gasteiger partial charge is 0.249 e. The summed E-state index contributed by atoms with van der Waals surface area (Å²) >= 11 is 4.63. The lowest BCUT2D eigenvalue weighted by Crippen LogP contribution is -2.36. The number of sulfonamides is 1. The predicted molar refractivity (Wildman–Crippen MR) is 134 cm³/mol. The van der Waals surface area contributed by atoms with Crippen molar-refractivity contribution >= 4 is 33.4 Å². The average molecular weight is 479 g/mol. The summed E-state index contributed by atoms with van der Waals surface area (Å²) in [5, 5.41) is 10.6. The van der Waals surface area contributed by atoms with Crippen molar-refractivity contribution in [2.75, 3.05) is 6.54 Å². The Morgan fingerprint density at radius 1 is 1.00 bits per heavy atom. The van der Waals surface area contributed by atoms with E-state index in [1.54, 1.807) is 16.4 Å². The molecule has 170 valence electrons. The van der Waals surface area contributed by atoms with Gasteiger partial charge in [-0.25, -0.2) is 13.1 Å². The van der Waals surface area contributed by atoms with Crippen LogP contribution in [-0.4, -0.2) is 45.6 Å². The molecule has 4 aromatic rings. The zero-order chi connectivity index (χ0) is 23.0. The first-order chi connectivity index (χ1) is 15.9. The molecular formula is C25H26N4O2S2. The SMILES string of the molecule is Cc1c(-c2ccccc2)nnn1CC[C@@H]1C[C@@H](S)CN1S(=O)(=O)c1ccc2ccccc2c1. The van der Waals surface area contributed by atoms with Gasteiger partial charge in [-0.15, -0.1) is 5.10 Å². The first-order valence-electron chi connectivity index (χ1n) is 11.1. The molecule has 1 fully saturated rings. The molecule has 8 heteroatoms. The number of fused-ring (bicyclic) bond motifs is 1. The zero-order valence-electron chi connectivity index (χ0n) is 18.4. The summed E-state index contributed by atoms with van der Waals surface area (Å²) in [6, 6.07) is 23.0. The smallest absolute Gasteiger partial charge is 0.243 e. The maximum absolute atomic E-state index is 13.6. The number of nitrogens with zero attached hydrogens (tertiary/aromatic N) is 4. The van der Waals surface area contributed by atoms with Gasteiger partial charge in [-0.05, 0) is 42.7 Å². The molecule has 0 radical (unpaired) electrons. The van der Waals surface area contributed by atoms with Crippen molar-refractivity contribution < 1.29 is 8.42 Å². The molecule has 2 atom stereocenters. The molecule has 0 unspecified atom stereocenters. The summed E-state index contributed by atoms with van der Waals surface area (Å²) < 4.78 is 30.6. The fourth-order valence-electron chi connectivity index (χ4n) is 4.59. The molecule has 1 aliphatic heterocycles. The summed E-state index contributed by atoms with van der Waals surface area (Å²) in [6.45, 7) is 3.01. The van der Waals surface area contributed by atoms with Crippen molar-refractivity contribution in [1.82, 2.24) is 19.3 Å². The minimum absolute atomic E-state index is 0.0157. The van der Waals surface area contributed by atoms with E-state index in [0.717, 1.165) is 34.1 Å². The summed E-state index contributed by atoms with van der Waals surface area (Å²) in [4.78, 5) is 0.330. The average Bonchev–Trinajstić information content (AvgIpc) is 3.40. The van der Waals surface area contributed by atoms with Gasteiger partial charge in [0.1, 0.15) is 5.69 Å².